The maximum Gasteiger partial charge on any atom is 0.285 e. The Morgan fingerprint density at radius 1 is 1.00 bits per heavy atom. The number of nitrogens with one attached hydrogen (secondary N) is 1. The number of aromatic amines is 1. The van der Waals surface area contributed by atoms with E-state index in [0.717, 1.165) is 5.56 Å². The van der Waals surface area contributed by atoms with E-state index in [-0.39, 0.29) is 21.8 Å². The van der Waals surface area contributed by atoms with Crippen LogP contribution >= 0.6 is 0 Å². The number of rotatable bonds is 5. The molecule has 2 amide bonds. The lowest BCUT2D eigenvalue weighted by molar-refractivity contribution is -0.109. The molecule has 0 saturated heterocycles. The molecular formula is C19H15N3O5S. The summed E-state index contributed by atoms with van der Waals surface area (Å²) in [6.45, 7) is 1.83. The van der Waals surface area contributed by atoms with E-state index in [1.807, 2.05) is 6.92 Å². The van der Waals surface area contributed by atoms with E-state index < -0.39 is 27.1 Å². The molecule has 1 aliphatic rings. The summed E-state index contributed by atoms with van der Waals surface area (Å²) < 4.78 is 26.4. The SMILES string of the molecule is Cc1ccc(S(=O)(=O)C(ON2C(=O)c3ccccc3C2=O)c2ncc[nH]2)cc1. The van der Waals surface area contributed by atoms with Crippen molar-refractivity contribution in [3.05, 3.63) is 83.4 Å². The summed E-state index contributed by atoms with van der Waals surface area (Å²) >= 11 is 0. The van der Waals surface area contributed by atoms with Gasteiger partial charge in [0, 0.05) is 12.4 Å². The molecule has 3 aromatic rings. The number of H-pyrrole nitrogens is 1. The van der Waals surface area contributed by atoms with Gasteiger partial charge in [0.05, 0.1) is 16.0 Å². The number of sulfone groups is 1. The first-order valence-electron chi connectivity index (χ1n) is 8.34. The molecule has 8 nitrogen and oxygen atoms in total. The number of aryl methyl sites for hydroxylation is 1. The number of hydrogen-bond acceptors (Lipinski definition) is 6. The highest BCUT2D eigenvalue weighted by Gasteiger charge is 2.42. The Hall–Kier alpha value is -3.30. The molecule has 0 bridgehead atoms. The zero-order valence-corrected chi connectivity index (χ0v) is 15.5. The molecule has 2 heterocycles. The monoisotopic (exact) mass is 397 g/mol. The zero-order chi connectivity index (χ0) is 19.9. The minimum Gasteiger partial charge on any atom is -0.345 e. The minimum atomic E-state index is -4.12. The summed E-state index contributed by atoms with van der Waals surface area (Å²) in [5.41, 5.74) is -0.515. The van der Waals surface area contributed by atoms with Gasteiger partial charge in [0.2, 0.25) is 15.3 Å². The lowest BCUT2D eigenvalue weighted by Crippen LogP contribution is -2.34. The van der Waals surface area contributed by atoms with Crippen molar-refractivity contribution in [1.29, 1.82) is 0 Å². The first-order valence-corrected chi connectivity index (χ1v) is 9.88. The van der Waals surface area contributed by atoms with Crippen LogP contribution in [0.15, 0.2) is 65.8 Å². The van der Waals surface area contributed by atoms with Crippen LogP contribution in [0.5, 0.6) is 0 Å². The molecule has 0 saturated carbocycles. The van der Waals surface area contributed by atoms with Crippen molar-refractivity contribution < 1.29 is 22.8 Å². The van der Waals surface area contributed by atoms with Crippen molar-refractivity contribution in [3.63, 3.8) is 0 Å². The van der Waals surface area contributed by atoms with E-state index in [1.54, 1.807) is 24.3 Å². The average molecular weight is 397 g/mol. The van der Waals surface area contributed by atoms with Crippen LogP contribution in [0.1, 0.15) is 37.5 Å². The third kappa shape index (κ3) is 2.90. The number of nitrogens with zero attached hydrogens (tertiary/aromatic N) is 2. The molecule has 1 aliphatic heterocycles. The predicted molar refractivity (Wildman–Crippen MR) is 97.7 cm³/mol. The van der Waals surface area contributed by atoms with Gasteiger partial charge in [-0.3, -0.25) is 9.59 Å². The predicted octanol–water partition coefficient (Wildman–Crippen LogP) is 2.42. The molecule has 0 fully saturated rings. The number of carbonyl (C=O) groups is 2. The van der Waals surface area contributed by atoms with Gasteiger partial charge in [-0.15, -0.1) is 5.06 Å². The van der Waals surface area contributed by atoms with Crippen molar-refractivity contribution in [2.24, 2.45) is 0 Å². The van der Waals surface area contributed by atoms with Gasteiger partial charge in [-0.1, -0.05) is 29.8 Å². The van der Waals surface area contributed by atoms with Crippen LogP contribution in [0.4, 0.5) is 0 Å². The standard InChI is InChI=1S/C19H15N3O5S/c1-12-6-8-13(9-7-12)28(25,26)19(16-20-10-11-21-16)27-22-17(23)14-4-2-3-5-15(14)18(22)24/h2-11,19H,1H3,(H,20,21). The van der Waals surface area contributed by atoms with Crippen LogP contribution in [-0.4, -0.2) is 35.3 Å². The van der Waals surface area contributed by atoms with Gasteiger partial charge in [-0.2, -0.15) is 0 Å². The van der Waals surface area contributed by atoms with E-state index in [1.165, 1.54) is 36.7 Å². The minimum absolute atomic E-state index is 0.0175. The maximum absolute atomic E-state index is 13.2. The molecule has 0 spiro atoms. The Kier molecular flexibility index (Phi) is 4.33. The van der Waals surface area contributed by atoms with Gasteiger partial charge < -0.3 is 4.98 Å². The van der Waals surface area contributed by atoms with Gasteiger partial charge in [-0.05, 0) is 31.2 Å². The fraction of sp³-hybridized carbons (Fsp3) is 0.105. The smallest absolute Gasteiger partial charge is 0.285 e. The van der Waals surface area contributed by atoms with Crippen LogP contribution in [0.2, 0.25) is 0 Å². The normalized spacial score (nSPS) is 15.0. The van der Waals surface area contributed by atoms with E-state index in [2.05, 4.69) is 9.97 Å². The topological polar surface area (TPSA) is 109 Å². The van der Waals surface area contributed by atoms with Crippen LogP contribution in [0.25, 0.3) is 0 Å². The number of imidazole rings is 1. The molecule has 4 rings (SSSR count). The number of hydroxylamine groups is 2. The first kappa shape index (κ1) is 18.1. The van der Waals surface area contributed by atoms with Crippen molar-refractivity contribution in [1.82, 2.24) is 15.0 Å². The first-order chi connectivity index (χ1) is 13.4. The van der Waals surface area contributed by atoms with E-state index in [0.29, 0.717) is 5.06 Å². The van der Waals surface area contributed by atoms with Crippen LogP contribution < -0.4 is 0 Å². The third-order valence-electron chi connectivity index (χ3n) is 4.33. The van der Waals surface area contributed by atoms with Crippen molar-refractivity contribution in [2.45, 2.75) is 17.3 Å². The quantitative estimate of drug-likeness (QED) is 0.662. The molecule has 142 valence electrons. The molecule has 28 heavy (non-hydrogen) atoms. The van der Waals surface area contributed by atoms with Gasteiger partial charge in [-0.25, -0.2) is 18.2 Å². The van der Waals surface area contributed by atoms with E-state index in [9.17, 15) is 18.0 Å². The second kappa shape index (κ2) is 6.70. The maximum atomic E-state index is 13.2. The fourth-order valence-electron chi connectivity index (χ4n) is 2.87. The van der Waals surface area contributed by atoms with Crippen LogP contribution in [0.3, 0.4) is 0 Å². The summed E-state index contributed by atoms with van der Waals surface area (Å²) in [4.78, 5) is 37.2. The van der Waals surface area contributed by atoms with E-state index in [4.69, 9.17) is 4.84 Å². The Balaban J connectivity index is 1.74. The van der Waals surface area contributed by atoms with Crippen LogP contribution in [0, 0.1) is 6.92 Å². The number of imide groups is 1. The Morgan fingerprint density at radius 2 is 1.61 bits per heavy atom. The van der Waals surface area contributed by atoms with Crippen molar-refractivity contribution >= 4 is 21.7 Å². The Labute approximate surface area is 160 Å². The number of fused-ring (bicyclic) bond motifs is 1. The summed E-state index contributed by atoms with van der Waals surface area (Å²) in [6.07, 6.45) is 2.79. The van der Waals surface area contributed by atoms with Gasteiger partial charge in [0.15, 0.2) is 5.82 Å². The summed E-state index contributed by atoms with van der Waals surface area (Å²) in [7, 11) is -4.12. The average Bonchev–Trinajstić information content (AvgIpc) is 3.29. The highest BCUT2D eigenvalue weighted by atomic mass is 32.2. The number of aromatic nitrogens is 2. The van der Waals surface area contributed by atoms with Gasteiger partial charge in [0.25, 0.3) is 11.8 Å². The summed E-state index contributed by atoms with van der Waals surface area (Å²) in [6, 6.07) is 12.4. The summed E-state index contributed by atoms with van der Waals surface area (Å²) in [5.74, 6) is -1.50. The van der Waals surface area contributed by atoms with Crippen molar-refractivity contribution in [2.75, 3.05) is 0 Å². The highest BCUT2D eigenvalue weighted by molar-refractivity contribution is 7.91. The third-order valence-corrected chi connectivity index (χ3v) is 6.13. The number of benzene rings is 2. The largest absolute Gasteiger partial charge is 0.345 e. The second-order valence-electron chi connectivity index (χ2n) is 6.22. The fourth-order valence-corrected chi connectivity index (χ4v) is 4.25. The molecule has 2 aromatic carbocycles. The molecule has 1 N–H and O–H groups in total. The lowest BCUT2D eigenvalue weighted by atomic mass is 10.1. The highest BCUT2D eigenvalue weighted by Crippen LogP contribution is 2.32. The zero-order valence-electron chi connectivity index (χ0n) is 14.7. The number of carbonyl (C=O) groups excluding carboxylic acids is 2. The van der Waals surface area contributed by atoms with Crippen LogP contribution in [-0.2, 0) is 14.7 Å². The Bertz CT molecular complexity index is 1120. The molecule has 1 atom stereocenters. The van der Waals surface area contributed by atoms with E-state index >= 15 is 0 Å². The van der Waals surface area contributed by atoms with Gasteiger partial charge in [0.1, 0.15) is 0 Å². The Morgan fingerprint density at radius 3 is 2.14 bits per heavy atom. The molecule has 9 heteroatoms. The summed E-state index contributed by atoms with van der Waals surface area (Å²) in [5, 5.41) is 0.476. The molecule has 0 aliphatic carbocycles. The number of amides is 2. The molecular weight excluding hydrogens is 382 g/mol. The molecule has 1 unspecified atom stereocenters. The number of hydrogen-bond donors (Lipinski definition) is 1. The molecule has 1 aromatic heterocycles. The second-order valence-corrected chi connectivity index (χ2v) is 8.21. The van der Waals surface area contributed by atoms with Crippen molar-refractivity contribution in [3.8, 4) is 0 Å². The molecule has 0 radical (unpaired) electrons. The van der Waals surface area contributed by atoms with Gasteiger partial charge >= 0.3 is 0 Å². The lowest BCUT2D eigenvalue weighted by Gasteiger charge is -2.21.